The Morgan fingerprint density at radius 3 is 2.36 bits per heavy atom. The lowest BCUT2D eigenvalue weighted by molar-refractivity contribution is -0.116. The summed E-state index contributed by atoms with van der Waals surface area (Å²) < 4.78 is 0. The molecule has 3 rings (SSSR count). The van der Waals surface area contributed by atoms with E-state index in [1.54, 1.807) is 24.3 Å². The highest BCUT2D eigenvalue weighted by molar-refractivity contribution is 6.07. The molecule has 0 saturated carbocycles. The Kier molecular flexibility index (Phi) is 4.57. The molecule has 1 aromatic carbocycles. The summed E-state index contributed by atoms with van der Waals surface area (Å²) in [4.78, 5) is 26.6. The number of anilines is 1. The molecule has 0 heterocycles. The Morgan fingerprint density at radius 2 is 1.72 bits per heavy atom. The number of hydrogen-bond donors (Lipinski definition) is 2. The molecule has 0 aliphatic heterocycles. The van der Waals surface area contributed by atoms with Gasteiger partial charge in [-0.3, -0.25) is 14.5 Å². The normalized spacial score (nSPS) is 18.4. The van der Waals surface area contributed by atoms with Gasteiger partial charge in [-0.25, -0.2) is 0 Å². The second-order valence-corrected chi connectivity index (χ2v) is 6.22. The number of aliphatic hydroxyl groups is 1. The Hall–Kier alpha value is -3.07. The Bertz CT molecular complexity index is 804. The van der Waals surface area contributed by atoms with Gasteiger partial charge < -0.3 is 10.8 Å². The van der Waals surface area contributed by atoms with Crippen molar-refractivity contribution in [2.45, 2.75) is 38.5 Å². The van der Waals surface area contributed by atoms with E-state index in [1.165, 1.54) is 4.90 Å². The van der Waals surface area contributed by atoms with Gasteiger partial charge in [0.2, 0.25) is 0 Å². The molecule has 0 saturated heterocycles. The summed E-state index contributed by atoms with van der Waals surface area (Å²) in [5.74, 6) is -0.438. The molecule has 0 bridgehead atoms. The summed E-state index contributed by atoms with van der Waals surface area (Å²) >= 11 is 0. The van der Waals surface area contributed by atoms with Gasteiger partial charge in [-0.05, 0) is 37.5 Å². The van der Waals surface area contributed by atoms with Gasteiger partial charge in [-0.15, -0.1) is 0 Å². The third-order valence-electron chi connectivity index (χ3n) is 4.45. The number of allylic oxidation sites excluding steroid dienone is 4. The highest BCUT2D eigenvalue weighted by Gasteiger charge is 2.34. The molecule has 2 aliphatic carbocycles. The van der Waals surface area contributed by atoms with Gasteiger partial charge in [-0.2, -0.15) is 5.26 Å². The smallest absolute Gasteiger partial charge is 0.183 e. The molecule has 0 atom stereocenters. The lowest BCUT2D eigenvalue weighted by atomic mass is 9.94. The minimum Gasteiger partial charge on any atom is -0.510 e. The number of ketones is 2. The van der Waals surface area contributed by atoms with Gasteiger partial charge >= 0.3 is 0 Å². The van der Waals surface area contributed by atoms with Crippen LogP contribution < -0.4 is 10.6 Å². The van der Waals surface area contributed by atoms with Crippen molar-refractivity contribution in [1.29, 1.82) is 5.26 Å². The second kappa shape index (κ2) is 6.81. The number of nitrogens with zero attached hydrogens (tertiary/aromatic N) is 2. The zero-order chi connectivity index (χ0) is 18.0. The predicted octanol–water partition coefficient (Wildman–Crippen LogP) is 2.81. The van der Waals surface area contributed by atoms with Crippen molar-refractivity contribution in [3.63, 3.8) is 0 Å². The van der Waals surface area contributed by atoms with Gasteiger partial charge in [0.25, 0.3) is 0 Å². The van der Waals surface area contributed by atoms with Gasteiger partial charge in [-0.1, -0.05) is 6.07 Å². The fraction of sp³-hybridized carbons (Fsp3) is 0.316. The minimum absolute atomic E-state index is 0.0442. The molecule has 0 spiro atoms. The molecule has 2 aliphatic rings. The molecule has 128 valence electrons. The van der Waals surface area contributed by atoms with E-state index in [0.29, 0.717) is 55.5 Å². The van der Waals surface area contributed by atoms with E-state index in [-0.39, 0.29) is 28.7 Å². The predicted molar refractivity (Wildman–Crippen MR) is 92.2 cm³/mol. The van der Waals surface area contributed by atoms with Crippen LogP contribution in [0.5, 0.6) is 0 Å². The van der Waals surface area contributed by atoms with Gasteiger partial charge in [0.05, 0.1) is 11.6 Å². The SMILES string of the molecule is N#Cc1cccc(N(C2=C(N)CCCC2=O)C2=C(O)CCCC2=O)c1. The third-order valence-corrected chi connectivity index (χ3v) is 4.45. The van der Waals surface area contributed by atoms with Crippen LogP contribution in [0, 0.1) is 11.3 Å². The number of rotatable bonds is 3. The van der Waals surface area contributed by atoms with E-state index in [1.807, 2.05) is 0 Å². The summed E-state index contributed by atoms with van der Waals surface area (Å²) in [6.45, 7) is 0. The number of carbonyl (C=O) groups excluding carboxylic acids is 2. The molecule has 0 radical (unpaired) electrons. The highest BCUT2D eigenvalue weighted by atomic mass is 16.3. The quantitative estimate of drug-likeness (QED) is 0.878. The minimum atomic E-state index is -0.232. The van der Waals surface area contributed by atoms with Crippen molar-refractivity contribution in [2.75, 3.05) is 4.90 Å². The average molecular weight is 337 g/mol. The first-order chi connectivity index (χ1) is 12.0. The molecule has 0 unspecified atom stereocenters. The van der Waals surface area contributed by atoms with Crippen molar-refractivity contribution in [3.8, 4) is 6.07 Å². The van der Waals surface area contributed by atoms with E-state index in [9.17, 15) is 20.0 Å². The monoisotopic (exact) mass is 337 g/mol. The largest absolute Gasteiger partial charge is 0.510 e. The third kappa shape index (κ3) is 3.13. The van der Waals surface area contributed by atoms with Crippen LogP contribution >= 0.6 is 0 Å². The fourth-order valence-electron chi connectivity index (χ4n) is 3.28. The summed E-state index contributed by atoms with van der Waals surface area (Å²) in [7, 11) is 0. The first-order valence-corrected chi connectivity index (χ1v) is 8.30. The standard InChI is InChI=1S/C19H19N3O3/c20-11-12-4-1-5-13(10-12)22(18-14(21)6-2-7-15(18)23)19-16(24)8-3-9-17(19)25/h1,4-5,10,24H,2-3,6-9,21H2. The molecule has 6 heteroatoms. The van der Waals surface area contributed by atoms with E-state index >= 15 is 0 Å². The Morgan fingerprint density at radius 1 is 1.04 bits per heavy atom. The van der Waals surface area contributed by atoms with Crippen LogP contribution in [0.4, 0.5) is 5.69 Å². The van der Waals surface area contributed by atoms with Crippen molar-refractivity contribution in [2.24, 2.45) is 5.73 Å². The van der Waals surface area contributed by atoms with E-state index < -0.39 is 0 Å². The highest BCUT2D eigenvalue weighted by Crippen LogP contribution is 2.35. The Labute approximate surface area is 145 Å². The van der Waals surface area contributed by atoms with E-state index in [4.69, 9.17) is 5.73 Å². The first kappa shape index (κ1) is 16.8. The number of hydrogen-bond acceptors (Lipinski definition) is 6. The summed E-state index contributed by atoms with van der Waals surface area (Å²) in [6.07, 6.45) is 2.80. The number of Topliss-reactive ketones (excluding diaryl/α,β-unsaturated/α-hetero) is 2. The van der Waals surface area contributed by atoms with Crippen LogP contribution in [0.1, 0.15) is 44.1 Å². The number of carbonyl (C=O) groups is 2. The lowest BCUT2D eigenvalue weighted by Crippen LogP contribution is -2.37. The number of nitriles is 1. The van der Waals surface area contributed by atoms with Crippen LogP contribution in [-0.2, 0) is 9.59 Å². The maximum Gasteiger partial charge on any atom is 0.183 e. The van der Waals surface area contributed by atoms with Crippen LogP contribution in [0.15, 0.2) is 47.1 Å². The molecule has 1 aromatic rings. The number of benzene rings is 1. The molecule has 0 aromatic heterocycles. The zero-order valence-electron chi connectivity index (χ0n) is 13.8. The van der Waals surface area contributed by atoms with Gasteiger partial charge in [0.1, 0.15) is 17.2 Å². The average Bonchev–Trinajstić information content (AvgIpc) is 2.60. The molecular weight excluding hydrogens is 318 g/mol. The van der Waals surface area contributed by atoms with Crippen molar-refractivity contribution < 1.29 is 14.7 Å². The van der Waals surface area contributed by atoms with Crippen LogP contribution in [0.3, 0.4) is 0 Å². The summed E-state index contributed by atoms with van der Waals surface area (Å²) in [5, 5.41) is 19.6. The molecule has 0 amide bonds. The fourth-order valence-corrected chi connectivity index (χ4v) is 3.28. The van der Waals surface area contributed by atoms with Crippen molar-refractivity contribution in [3.05, 3.63) is 52.7 Å². The van der Waals surface area contributed by atoms with Crippen LogP contribution in [0.25, 0.3) is 0 Å². The lowest BCUT2D eigenvalue weighted by Gasteiger charge is -2.33. The van der Waals surface area contributed by atoms with Crippen LogP contribution in [-0.4, -0.2) is 16.7 Å². The summed E-state index contributed by atoms with van der Waals surface area (Å²) in [5.41, 5.74) is 7.71. The zero-order valence-corrected chi connectivity index (χ0v) is 13.8. The second-order valence-electron chi connectivity index (χ2n) is 6.22. The molecule has 3 N–H and O–H groups in total. The van der Waals surface area contributed by atoms with Crippen LogP contribution in [0.2, 0.25) is 0 Å². The van der Waals surface area contributed by atoms with Crippen molar-refractivity contribution in [1.82, 2.24) is 0 Å². The van der Waals surface area contributed by atoms with E-state index in [2.05, 4.69) is 6.07 Å². The maximum atomic E-state index is 12.6. The van der Waals surface area contributed by atoms with Gasteiger partial charge in [0.15, 0.2) is 11.6 Å². The van der Waals surface area contributed by atoms with Gasteiger partial charge in [0, 0.05) is 30.6 Å². The molecule has 0 fully saturated rings. The number of nitrogens with two attached hydrogens (primary N) is 1. The topological polar surface area (TPSA) is 107 Å². The molecule has 25 heavy (non-hydrogen) atoms. The van der Waals surface area contributed by atoms with Crippen molar-refractivity contribution >= 4 is 17.3 Å². The van der Waals surface area contributed by atoms with E-state index in [0.717, 1.165) is 0 Å². The molecular formula is C19H19N3O3. The Balaban J connectivity index is 2.24. The number of aliphatic hydroxyl groups excluding tert-OH is 1. The molecule has 6 nitrogen and oxygen atoms in total. The maximum absolute atomic E-state index is 12.6. The summed E-state index contributed by atoms with van der Waals surface area (Å²) in [6, 6.07) is 8.65. The first-order valence-electron chi connectivity index (χ1n) is 8.30.